The molecule has 1 aromatic carbocycles. The maximum atomic E-state index is 10.5. The van der Waals surface area contributed by atoms with Gasteiger partial charge >= 0.3 is 0 Å². The molecule has 1 aliphatic rings. The molecule has 1 atom stereocenters. The standard InChI is InChI=1S/C11H13NO/c1-2-12-11-6-9-5-8(7-13)3-4-10(9)11/h3-5,7,11-12H,2,6H2,1H3. The minimum atomic E-state index is 0.515. The largest absolute Gasteiger partial charge is 0.310 e. The Bertz CT molecular complexity index is 333. The molecule has 0 bridgehead atoms. The molecule has 1 unspecified atom stereocenters. The minimum absolute atomic E-state index is 0.515. The van der Waals surface area contributed by atoms with E-state index in [1.165, 1.54) is 11.1 Å². The van der Waals surface area contributed by atoms with Gasteiger partial charge in [0.15, 0.2) is 0 Å². The lowest BCUT2D eigenvalue weighted by Crippen LogP contribution is -2.31. The quantitative estimate of drug-likeness (QED) is 0.708. The van der Waals surface area contributed by atoms with E-state index < -0.39 is 0 Å². The van der Waals surface area contributed by atoms with Gasteiger partial charge < -0.3 is 5.32 Å². The molecule has 13 heavy (non-hydrogen) atoms. The number of carbonyl (C=O) groups excluding carboxylic acids is 1. The smallest absolute Gasteiger partial charge is 0.150 e. The average Bonchev–Trinajstić information content (AvgIpc) is 2.14. The number of likely N-dealkylation sites (N-methyl/N-ethyl adjacent to an activating group) is 1. The summed E-state index contributed by atoms with van der Waals surface area (Å²) >= 11 is 0. The van der Waals surface area contributed by atoms with Crippen LogP contribution >= 0.6 is 0 Å². The van der Waals surface area contributed by atoms with Gasteiger partial charge in [0.05, 0.1) is 0 Å². The molecule has 0 aromatic heterocycles. The number of benzene rings is 1. The molecule has 0 spiro atoms. The predicted octanol–water partition coefficient (Wildman–Crippen LogP) is 1.71. The highest BCUT2D eigenvalue weighted by Crippen LogP contribution is 2.33. The first kappa shape index (κ1) is 8.45. The third-order valence-electron chi connectivity index (χ3n) is 2.55. The lowest BCUT2D eigenvalue weighted by atomic mass is 9.82. The molecule has 0 amide bonds. The van der Waals surface area contributed by atoms with Gasteiger partial charge in [-0.1, -0.05) is 19.1 Å². The number of nitrogens with one attached hydrogen (secondary N) is 1. The molecule has 0 heterocycles. The second-order valence-corrected chi connectivity index (χ2v) is 3.39. The van der Waals surface area contributed by atoms with Gasteiger partial charge in [0.2, 0.25) is 0 Å². The Kier molecular flexibility index (Phi) is 2.15. The monoisotopic (exact) mass is 175 g/mol. The van der Waals surface area contributed by atoms with Crippen LogP contribution in [0.1, 0.15) is 34.5 Å². The van der Waals surface area contributed by atoms with Crippen LogP contribution in [0, 0.1) is 0 Å². The summed E-state index contributed by atoms with van der Waals surface area (Å²) in [6.45, 7) is 3.11. The predicted molar refractivity (Wildman–Crippen MR) is 52.0 cm³/mol. The van der Waals surface area contributed by atoms with Crippen molar-refractivity contribution in [3.05, 3.63) is 34.9 Å². The van der Waals surface area contributed by atoms with Crippen molar-refractivity contribution in [3.63, 3.8) is 0 Å². The molecule has 1 N–H and O–H groups in total. The zero-order chi connectivity index (χ0) is 9.26. The van der Waals surface area contributed by atoms with E-state index in [1.807, 2.05) is 12.1 Å². The number of aldehydes is 1. The van der Waals surface area contributed by atoms with Crippen molar-refractivity contribution in [1.82, 2.24) is 5.32 Å². The summed E-state index contributed by atoms with van der Waals surface area (Å²) in [5.41, 5.74) is 3.46. The SMILES string of the molecule is CCNC1Cc2cc(C=O)ccc21. The fourth-order valence-corrected chi connectivity index (χ4v) is 1.84. The van der Waals surface area contributed by atoms with E-state index in [2.05, 4.69) is 18.3 Å². The van der Waals surface area contributed by atoms with Crippen molar-refractivity contribution in [1.29, 1.82) is 0 Å². The van der Waals surface area contributed by atoms with Crippen LogP contribution in [0.25, 0.3) is 0 Å². The Morgan fingerprint density at radius 3 is 3.08 bits per heavy atom. The van der Waals surface area contributed by atoms with Crippen LogP contribution in [0.5, 0.6) is 0 Å². The summed E-state index contributed by atoms with van der Waals surface area (Å²) < 4.78 is 0. The second kappa shape index (κ2) is 3.30. The van der Waals surface area contributed by atoms with E-state index in [-0.39, 0.29) is 0 Å². The minimum Gasteiger partial charge on any atom is -0.310 e. The van der Waals surface area contributed by atoms with Gasteiger partial charge in [-0.2, -0.15) is 0 Å². The van der Waals surface area contributed by atoms with Crippen molar-refractivity contribution < 1.29 is 4.79 Å². The lowest BCUT2D eigenvalue weighted by molar-refractivity contribution is 0.112. The maximum Gasteiger partial charge on any atom is 0.150 e. The highest BCUT2D eigenvalue weighted by atomic mass is 16.1. The lowest BCUT2D eigenvalue weighted by Gasteiger charge is -2.30. The number of hydrogen-bond donors (Lipinski definition) is 1. The van der Waals surface area contributed by atoms with E-state index in [4.69, 9.17) is 0 Å². The van der Waals surface area contributed by atoms with Gasteiger partial charge in [0.1, 0.15) is 6.29 Å². The number of fused-ring (bicyclic) bond motifs is 1. The van der Waals surface area contributed by atoms with Gasteiger partial charge in [0, 0.05) is 11.6 Å². The Morgan fingerprint density at radius 2 is 2.46 bits per heavy atom. The molecule has 2 heteroatoms. The van der Waals surface area contributed by atoms with Crippen molar-refractivity contribution in [2.24, 2.45) is 0 Å². The Hall–Kier alpha value is -1.15. The number of carbonyl (C=O) groups is 1. The summed E-state index contributed by atoms with van der Waals surface area (Å²) in [6.07, 6.45) is 1.96. The zero-order valence-corrected chi connectivity index (χ0v) is 7.71. The first-order valence-corrected chi connectivity index (χ1v) is 4.66. The summed E-state index contributed by atoms with van der Waals surface area (Å²) in [5.74, 6) is 0. The molecular weight excluding hydrogens is 162 g/mol. The van der Waals surface area contributed by atoms with Crippen LogP contribution in [0.2, 0.25) is 0 Å². The molecule has 0 saturated heterocycles. The molecule has 2 nitrogen and oxygen atoms in total. The van der Waals surface area contributed by atoms with Gasteiger partial charge in [-0.25, -0.2) is 0 Å². The zero-order valence-electron chi connectivity index (χ0n) is 7.71. The maximum absolute atomic E-state index is 10.5. The highest BCUT2D eigenvalue weighted by Gasteiger charge is 2.24. The molecule has 68 valence electrons. The first-order valence-electron chi connectivity index (χ1n) is 4.66. The van der Waals surface area contributed by atoms with Gasteiger partial charge in [-0.3, -0.25) is 4.79 Å². The Balaban J connectivity index is 2.20. The Morgan fingerprint density at radius 1 is 1.62 bits per heavy atom. The van der Waals surface area contributed by atoms with E-state index >= 15 is 0 Å². The van der Waals surface area contributed by atoms with Crippen LogP contribution in [-0.2, 0) is 6.42 Å². The van der Waals surface area contributed by atoms with E-state index in [1.54, 1.807) is 0 Å². The fourth-order valence-electron chi connectivity index (χ4n) is 1.84. The normalized spacial score (nSPS) is 19.0. The van der Waals surface area contributed by atoms with Crippen LogP contribution in [0.15, 0.2) is 18.2 Å². The number of rotatable bonds is 3. The molecule has 0 saturated carbocycles. The molecule has 0 fully saturated rings. The van der Waals surface area contributed by atoms with E-state index in [0.717, 1.165) is 24.8 Å². The van der Waals surface area contributed by atoms with E-state index in [9.17, 15) is 4.79 Å². The highest BCUT2D eigenvalue weighted by molar-refractivity contribution is 5.75. The van der Waals surface area contributed by atoms with Crippen LogP contribution in [0.3, 0.4) is 0 Å². The van der Waals surface area contributed by atoms with Crippen molar-refractivity contribution in [3.8, 4) is 0 Å². The molecule has 0 aliphatic heterocycles. The third-order valence-corrected chi connectivity index (χ3v) is 2.55. The average molecular weight is 175 g/mol. The van der Waals surface area contributed by atoms with Crippen LogP contribution in [0.4, 0.5) is 0 Å². The summed E-state index contributed by atoms with van der Waals surface area (Å²) in [4.78, 5) is 10.5. The van der Waals surface area contributed by atoms with E-state index in [0.29, 0.717) is 6.04 Å². The van der Waals surface area contributed by atoms with Gasteiger partial charge in [0.25, 0.3) is 0 Å². The van der Waals surface area contributed by atoms with Crippen LogP contribution in [-0.4, -0.2) is 12.8 Å². The summed E-state index contributed by atoms with van der Waals surface area (Å²) in [6, 6.07) is 6.43. The van der Waals surface area contributed by atoms with Crippen LogP contribution < -0.4 is 5.32 Å². The van der Waals surface area contributed by atoms with Crippen molar-refractivity contribution >= 4 is 6.29 Å². The first-order chi connectivity index (χ1) is 6.35. The van der Waals surface area contributed by atoms with Crippen molar-refractivity contribution in [2.45, 2.75) is 19.4 Å². The third kappa shape index (κ3) is 1.38. The molecule has 1 aromatic rings. The molecule has 2 rings (SSSR count). The van der Waals surface area contributed by atoms with Gasteiger partial charge in [-0.05, 0) is 30.2 Å². The second-order valence-electron chi connectivity index (χ2n) is 3.39. The summed E-state index contributed by atoms with van der Waals surface area (Å²) in [5, 5.41) is 3.39. The molecule has 0 radical (unpaired) electrons. The summed E-state index contributed by atoms with van der Waals surface area (Å²) in [7, 11) is 0. The van der Waals surface area contributed by atoms with Gasteiger partial charge in [-0.15, -0.1) is 0 Å². The fraction of sp³-hybridized carbons (Fsp3) is 0.364. The molecule has 1 aliphatic carbocycles. The topological polar surface area (TPSA) is 29.1 Å². The number of hydrogen-bond acceptors (Lipinski definition) is 2. The molecular formula is C11H13NO. The Labute approximate surface area is 78.0 Å². The van der Waals surface area contributed by atoms with Crippen molar-refractivity contribution in [2.75, 3.05) is 6.54 Å².